The summed E-state index contributed by atoms with van der Waals surface area (Å²) in [6.07, 6.45) is 1.91. The zero-order chi connectivity index (χ0) is 14.1. The van der Waals surface area contributed by atoms with E-state index in [2.05, 4.69) is 13.0 Å². The minimum absolute atomic E-state index is 0.155. The van der Waals surface area contributed by atoms with E-state index >= 15 is 0 Å². The largest absolute Gasteiger partial charge is 0.493 e. The third-order valence-corrected chi connectivity index (χ3v) is 3.67. The van der Waals surface area contributed by atoms with Crippen molar-refractivity contribution in [3.63, 3.8) is 0 Å². The molecule has 0 aliphatic heterocycles. The summed E-state index contributed by atoms with van der Waals surface area (Å²) in [7, 11) is 1.67. The summed E-state index contributed by atoms with van der Waals surface area (Å²) in [4.78, 5) is 0. The van der Waals surface area contributed by atoms with Crippen LogP contribution in [-0.4, -0.2) is 31.3 Å². The number of benzene rings is 1. The molecule has 0 bridgehead atoms. The lowest BCUT2D eigenvalue weighted by Crippen LogP contribution is -2.17. The fourth-order valence-corrected chi connectivity index (χ4v) is 2.43. The standard InChI is InChI=1S/C15H25NO2S/c1-4-19-9-5-8-18-14-7-6-13(10-12(2)16)11-15(14)17-3/h6-7,11-12H,4-5,8-10,16H2,1-3H3. The zero-order valence-corrected chi connectivity index (χ0v) is 13.0. The van der Waals surface area contributed by atoms with Crippen LogP contribution in [0.2, 0.25) is 0 Å². The first-order valence-electron chi connectivity index (χ1n) is 6.80. The van der Waals surface area contributed by atoms with Crippen LogP contribution in [-0.2, 0) is 6.42 Å². The van der Waals surface area contributed by atoms with E-state index in [1.807, 2.05) is 30.8 Å². The molecule has 108 valence electrons. The summed E-state index contributed by atoms with van der Waals surface area (Å²) < 4.78 is 11.1. The highest BCUT2D eigenvalue weighted by Gasteiger charge is 2.07. The highest BCUT2D eigenvalue weighted by Crippen LogP contribution is 2.28. The van der Waals surface area contributed by atoms with Gasteiger partial charge in [-0.2, -0.15) is 11.8 Å². The van der Waals surface area contributed by atoms with Gasteiger partial charge in [0.25, 0.3) is 0 Å². The van der Waals surface area contributed by atoms with Gasteiger partial charge in [-0.3, -0.25) is 0 Å². The summed E-state index contributed by atoms with van der Waals surface area (Å²) in [6, 6.07) is 6.20. The van der Waals surface area contributed by atoms with E-state index in [9.17, 15) is 0 Å². The van der Waals surface area contributed by atoms with E-state index in [4.69, 9.17) is 15.2 Å². The highest BCUT2D eigenvalue weighted by atomic mass is 32.2. The zero-order valence-electron chi connectivity index (χ0n) is 12.1. The Morgan fingerprint density at radius 1 is 1.32 bits per heavy atom. The molecular formula is C15H25NO2S. The Balaban J connectivity index is 2.53. The van der Waals surface area contributed by atoms with Crippen LogP contribution in [0.5, 0.6) is 11.5 Å². The van der Waals surface area contributed by atoms with Crippen molar-refractivity contribution in [1.29, 1.82) is 0 Å². The van der Waals surface area contributed by atoms with Crippen molar-refractivity contribution < 1.29 is 9.47 Å². The molecule has 4 heteroatoms. The third kappa shape index (κ3) is 6.21. The van der Waals surface area contributed by atoms with Crippen molar-refractivity contribution in [1.82, 2.24) is 0 Å². The van der Waals surface area contributed by atoms with E-state index in [0.29, 0.717) is 0 Å². The molecule has 0 saturated carbocycles. The number of rotatable bonds is 9. The van der Waals surface area contributed by atoms with Crippen molar-refractivity contribution >= 4 is 11.8 Å². The monoisotopic (exact) mass is 283 g/mol. The predicted octanol–water partition coefficient (Wildman–Crippen LogP) is 3.11. The Kier molecular flexibility index (Phi) is 7.75. The van der Waals surface area contributed by atoms with E-state index in [-0.39, 0.29) is 6.04 Å². The Morgan fingerprint density at radius 3 is 2.74 bits per heavy atom. The van der Waals surface area contributed by atoms with Crippen molar-refractivity contribution in [2.75, 3.05) is 25.2 Å². The van der Waals surface area contributed by atoms with E-state index < -0.39 is 0 Å². The SMILES string of the molecule is CCSCCCOc1ccc(CC(C)N)cc1OC. The first-order chi connectivity index (χ1) is 9.17. The van der Waals surface area contributed by atoms with E-state index in [1.54, 1.807) is 7.11 Å². The fraction of sp³-hybridized carbons (Fsp3) is 0.600. The summed E-state index contributed by atoms with van der Waals surface area (Å²) in [5.41, 5.74) is 6.99. The van der Waals surface area contributed by atoms with Gasteiger partial charge in [-0.05, 0) is 49.0 Å². The van der Waals surface area contributed by atoms with Crippen LogP contribution in [0.3, 0.4) is 0 Å². The first-order valence-corrected chi connectivity index (χ1v) is 7.95. The Hall–Kier alpha value is -0.870. The fourth-order valence-electron chi connectivity index (χ4n) is 1.82. The lowest BCUT2D eigenvalue weighted by molar-refractivity contribution is 0.295. The smallest absolute Gasteiger partial charge is 0.161 e. The van der Waals surface area contributed by atoms with Crippen molar-refractivity contribution in [2.45, 2.75) is 32.7 Å². The molecule has 3 nitrogen and oxygen atoms in total. The van der Waals surface area contributed by atoms with Crippen LogP contribution >= 0.6 is 11.8 Å². The predicted molar refractivity (Wildman–Crippen MR) is 83.5 cm³/mol. The Morgan fingerprint density at radius 2 is 2.11 bits per heavy atom. The van der Waals surface area contributed by atoms with Gasteiger partial charge in [0.1, 0.15) is 0 Å². The maximum absolute atomic E-state index is 5.81. The summed E-state index contributed by atoms with van der Waals surface area (Å²) in [6.45, 7) is 4.91. The quantitative estimate of drug-likeness (QED) is 0.707. The normalized spacial score (nSPS) is 12.2. The van der Waals surface area contributed by atoms with Gasteiger partial charge in [0.15, 0.2) is 11.5 Å². The average Bonchev–Trinajstić information content (AvgIpc) is 2.39. The van der Waals surface area contributed by atoms with Gasteiger partial charge >= 0.3 is 0 Å². The van der Waals surface area contributed by atoms with Gasteiger partial charge < -0.3 is 15.2 Å². The number of hydrogen-bond donors (Lipinski definition) is 1. The molecule has 0 aromatic heterocycles. The molecule has 0 aliphatic rings. The Labute approximate surface area is 120 Å². The second-order valence-corrected chi connectivity index (χ2v) is 5.96. The van der Waals surface area contributed by atoms with Crippen molar-refractivity contribution in [2.24, 2.45) is 5.73 Å². The number of nitrogens with two attached hydrogens (primary N) is 1. The molecule has 1 rings (SSSR count). The first kappa shape index (κ1) is 16.2. The third-order valence-electron chi connectivity index (χ3n) is 2.68. The van der Waals surface area contributed by atoms with Gasteiger partial charge in [0, 0.05) is 6.04 Å². The number of methoxy groups -OCH3 is 1. The molecule has 1 unspecified atom stereocenters. The molecule has 0 amide bonds. The van der Waals surface area contributed by atoms with Crippen LogP contribution < -0.4 is 15.2 Å². The Bertz CT molecular complexity index is 369. The van der Waals surface area contributed by atoms with Gasteiger partial charge in [-0.25, -0.2) is 0 Å². The maximum atomic E-state index is 5.81. The molecule has 0 spiro atoms. The molecule has 2 N–H and O–H groups in total. The number of thioether (sulfide) groups is 1. The van der Waals surface area contributed by atoms with Crippen molar-refractivity contribution in [3.8, 4) is 11.5 Å². The second-order valence-electron chi connectivity index (χ2n) is 4.57. The van der Waals surface area contributed by atoms with Crippen LogP contribution in [0.15, 0.2) is 18.2 Å². The summed E-state index contributed by atoms with van der Waals surface area (Å²) in [5.74, 6) is 3.91. The lowest BCUT2D eigenvalue weighted by atomic mass is 10.1. The highest BCUT2D eigenvalue weighted by molar-refractivity contribution is 7.99. The second kappa shape index (κ2) is 9.10. The average molecular weight is 283 g/mol. The van der Waals surface area contributed by atoms with Gasteiger partial charge in [0.2, 0.25) is 0 Å². The molecule has 1 aromatic carbocycles. The van der Waals surface area contributed by atoms with Crippen LogP contribution in [0.4, 0.5) is 0 Å². The van der Waals surface area contributed by atoms with Crippen LogP contribution in [0.1, 0.15) is 25.8 Å². The van der Waals surface area contributed by atoms with Gasteiger partial charge in [0.05, 0.1) is 13.7 Å². The van der Waals surface area contributed by atoms with Crippen LogP contribution in [0.25, 0.3) is 0 Å². The molecule has 0 saturated heterocycles. The molecule has 19 heavy (non-hydrogen) atoms. The molecule has 0 aliphatic carbocycles. The van der Waals surface area contributed by atoms with E-state index in [0.717, 1.165) is 42.5 Å². The molecular weight excluding hydrogens is 258 g/mol. The lowest BCUT2D eigenvalue weighted by Gasteiger charge is -2.13. The minimum atomic E-state index is 0.155. The summed E-state index contributed by atoms with van der Waals surface area (Å²) >= 11 is 1.94. The number of ether oxygens (including phenoxy) is 2. The number of hydrogen-bond acceptors (Lipinski definition) is 4. The summed E-state index contributed by atoms with van der Waals surface area (Å²) in [5, 5.41) is 0. The van der Waals surface area contributed by atoms with Crippen molar-refractivity contribution in [3.05, 3.63) is 23.8 Å². The molecule has 0 fully saturated rings. The van der Waals surface area contributed by atoms with Gasteiger partial charge in [-0.1, -0.05) is 13.0 Å². The molecule has 0 radical (unpaired) electrons. The molecule has 0 heterocycles. The molecule has 1 atom stereocenters. The minimum Gasteiger partial charge on any atom is -0.493 e. The molecule has 1 aromatic rings. The topological polar surface area (TPSA) is 44.5 Å². The van der Waals surface area contributed by atoms with Crippen LogP contribution in [0, 0.1) is 0 Å². The van der Waals surface area contributed by atoms with E-state index in [1.165, 1.54) is 5.56 Å². The van der Waals surface area contributed by atoms with Gasteiger partial charge in [-0.15, -0.1) is 0 Å². The maximum Gasteiger partial charge on any atom is 0.161 e.